The SMILES string of the molecule is CC(N)c1ccc(OCCCC(F)(F)F)cc1Br. The van der Waals surface area contributed by atoms with Gasteiger partial charge in [0, 0.05) is 16.9 Å². The maximum atomic E-state index is 11.9. The van der Waals surface area contributed by atoms with Crippen molar-refractivity contribution in [3.8, 4) is 5.75 Å². The summed E-state index contributed by atoms with van der Waals surface area (Å²) in [6, 6.07) is 5.11. The fraction of sp³-hybridized carbons (Fsp3) is 0.500. The lowest BCUT2D eigenvalue weighted by Gasteiger charge is -2.12. The molecule has 0 saturated heterocycles. The third-order valence-corrected chi connectivity index (χ3v) is 3.02. The molecule has 0 amide bonds. The molecular formula is C12H15BrF3NO. The van der Waals surface area contributed by atoms with Crippen LogP contribution in [0.2, 0.25) is 0 Å². The van der Waals surface area contributed by atoms with Crippen LogP contribution in [-0.2, 0) is 0 Å². The molecule has 0 bridgehead atoms. The Hall–Kier alpha value is -0.750. The second-order valence-electron chi connectivity index (χ2n) is 4.04. The number of rotatable bonds is 5. The molecule has 18 heavy (non-hydrogen) atoms. The minimum atomic E-state index is -4.12. The van der Waals surface area contributed by atoms with Crippen molar-refractivity contribution in [2.24, 2.45) is 5.73 Å². The first-order valence-electron chi connectivity index (χ1n) is 5.54. The maximum Gasteiger partial charge on any atom is 0.389 e. The molecule has 1 atom stereocenters. The lowest BCUT2D eigenvalue weighted by Crippen LogP contribution is -2.10. The van der Waals surface area contributed by atoms with E-state index in [4.69, 9.17) is 10.5 Å². The van der Waals surface area contributed by atoms with E-state index in [1.165, 1.54) is 0 Å². The molecule has 2 N–H and O–H groups in total. The molecule has 0 spiro atoms. The second-order valence-corrected chi connectivity index (χ2v) is 4.89. The van der Waals surface area contributed by atoms with E-state index >= 15 is 0 Å². The van der Waals surface area contributed by atoms with E-state index in [-0.39, 0.29) is 19.1 Å². The van der Waals surface area contributed by atoms with Gasteiger partial charge in [-0.1, -0.05) is 22.0 Å². The summed E-state index contributed by atoms with van der Waals surface area (Å²) in [5.74, 6) is 0.536. The summed E-state index contributed by atoms with van der Waals surface area (Å²) >= 11 is 3.35. The smallest absolute Gasteiger partial charge is 0.389 e. The van der Waals surface area contributed by atoms with Gasteiger partial charge in [0.15, 0.2) is 0 Å². The molecule has 6 heteroatoms. The Kier molecular flexibility index (Phi) is 5.47. The second kappa shape index (κ2) is 6.43. The number of nitrogens with two attached hydrogens (primary N) is 1. The van der Waals surface area contributed by atoms with Crippen LogP contribution < -0.4 is 10.5 Å². The third kappa shape index (κ3) is 5.27. The van der Waals surface area contributed by atoms with Crippen LogP contribution in [0.15, 0.2) is 22.7 Å². The van der Waals surface area contributed by atoms with E-state index < -0.39 is 12.6 Å². The normalized spacial score (nSPS) is 13.4. The van der Waals surface area contributed by atoms with Crippen LogP contribution in [0, 0.1) is 0 Å². The van der Waals surface area contributed by atoms with Gasteiger partial charge in [0.25, 0.3) is 0 Å². The van der Waals surface area contributed by atoms with Gasteiger partial charge in [0.2, 0.25) is 0 Å². The number of hydrogen-bond acceptors (Lipinski definition) is 2. The fourth-order valence-corrected chi connectivity index (χ4v) is 2.15. The highest BCUT2D eigenvalue weighted by Crippen LogP contribution is 2.27. The molecule has 1 aromatic rings. The topological polar surface area (TPSA) is 35.2 Å². The first-order valence-corrected chi connectivity index (χ1v) is 6.33. The van der Waals surface area contributed by atoms with Crippen molar-refractivity contribution in [2.75, 3.05) is 6.61 Å². The van der Waals surface area contributed by atoms with Crippen LogP contribution in [0.1, 0.15) is 31.4 Å². The van der Waals surface area contributed by atoms with E-state index in [1.807, 2.05) is 6.92 Å². The zero-order valence-corrected chi connectivity index (χ0v) is 11.5. The average molecular weight is 326 g/mol. The summed E-state index contributed by atoms with van der Waals surface area (Å²) in [7, 11) is 0. The van der Waals surface area contributed by atoms with Crippen LogP contribution in [0.4, 0.5) is 13.2 Å². The molecule has 0 saturated carbocycles. The van der Waals surface area contributed by atoms with Crippen molar-refractivity contribution in [3.63, 3.8) is 0 Å². The highest BCUT2D eigenvalue weighted by Gasteiger charge is 2.26. The molecule has 0 aliphatic heterocycles. The molecular weight excluding hydrogens is 311 g/mol. The summed E-state index contributed by atoms with van der Waals surface area (Å²) in [4.78, 5) is 0. The summed E-state index contributed by atoms with van der Waals surface area (Å²) in [6.45, 7) is 1.90. The molecule has 0 aliphatic carbocycles. The number of ether oxygens (including phenoxy) is 1. The van der Waals surface area contributed by atoms with Crippen LogP contribution in [0.25, 0.3) is 0 Å². The monoisotopic (exact) mass is 325 g/mol. The first kappa shape index (κ1) is 15.3. The van der Waals surface area contributed by atoms with Crippen molar-refractivity contribution < 1.29 is 17.9 Å². The predicted octanol–water partition coefficient (Wildman–Crippen LogP) is 4.19. The summed E-state index contributed by atoms with van der Waals surface area (Å²) in [5.41, 5.74) is 6.67. The predicted molar refractivity (Wildman–Crippen MR) is 67.5 cm³/mol. The van der Waals surface area contributed by atoms with Gasteiger partial charge in [-0.2, -0.15) is 13.2 Å². The van der Waals surface area contributed by atoms with Crippen molar-refractivity contribution in [2.45, 2.75) is 32.0 Å². The Morgan fingerprint density at radius 2 is 2.06 bits per heavy atom. The lowest BCUT2D eigenvalue weighted by atomic mass is 10.1. The Balaban J connectivity index is 2.47. The number of benzene rings is 1. The van der Waals surface area contributed by atoms with Gasteiger partial charge in [-0.15, -0.1) is 0 Å². The van der Waals surface area contributed by atoms with Crippen molar-refractivity contribution in [3.05, 3.63) is 28.2 Å². The largest absolute Gasteiger partial charge is 0.494 e. The third-order valence-electron chi connectivity index (χ3n) is 2.34. The van der Waals surface area contributed by atoms with Crippen molar-refractivity contribution in [1.82, 2.24) is 0 Å². The van der Waals surface area contributed by atoms with Gasteiger partial charge < -0.3 is 10.5 Å². The molecule has 1 aromatic carbocycles. The molecule has 0 radical (unpaired) electrons. The molecule has 102 valence electrons. The standard InChI is InChI=1S/C12H15BrF3NO/c1-8(17)10-4-3-9(7-11(10)13)18-6-2-5-12(14,15)16/h3-4,7-8H,2,5-6,17H2,1H3. The van der Waals surface area contributed by atoms with E-state index in [9.17, 15) is 13.2 Å². The Morgan fingerprint density at radius 3 is 2.56 bits per heavy atom. The van der Waals surface area contributed by atoms with E-state index in [0.717, 1.165) is 10.0 Å². The van der Waals surface area contributed by atoms with E-state index in [2.05, 4.69) is 15.9 Å². The summed E-state index contributed by atoms with van der Waals surface area (Å²) in [5, 5.41) is 0. The Bertz CT molecular complexity index is 393. The van der Waals surface area contributed by atoms with Crippen LogP contribution in [0.3, 0.4) is 0 Å². The van der Waals surface area contributed by atoms with Gasteiger partial charge in [-0.25, -0.2) is 0 Å². The molecule has 0 heterocycles. The lowest BCUT2D eigenvalue weighted by molar-refractivity contribution is -0.136. The molecule has 0 aromatic heterocycles. The molecule has 2 nitrogen and oxygen atoms in total. The van der Waals surface area contributed by atoms with Crippen molar-refractivity contribution in [1.29, 1.82) is 0 Å². The highest BCUT2D eigenvalue weighted by molar-refractivity contribution is 9.10. The zero-order chi connectivity index (χ0) is 13.8. The molecule has 0 aliphatic rings. The van der Waals surface area contributed by atoms with Gasteiger partial charge in [-0.3, -0.25) is 0 Å². The minimum Gasteiger partial charge on any atom is -0.494 e. The highest BCUT2D eigenvalue weighted by atomic mass is 79.9. The van der Waals surface area contributed by atoms with Crippen LogP contribution in [0.5, 0.6) is 5.75 Å². The van der Waals surface area contributed by atoms with Crippen LogP contribution >= 0.6 is 15.9 Å². The van der Waals surface area contributed by atoms with Crippen molar-refractivity contribution >= 4 is 15.9 Å². The fourth-order valence-electron chi connectivity index (χ4n) is 1.43. The van der Waals surface area contributed by atoms with Gasteiger partial charge >= 0.3 is 6.18 Å². The quantitative estimate of drug-likeness (QED) is 0.824. The zero-order valence-electron chi connectivity index (χ0n) is 9.93. The van der Waals surface area contributed by atoms with Gasteiger partial charge in [0.05, 0.1) is 6.61 Å². The van der Waals surface area contributed by atoms with Gasteiger partial charge in [0.1, 0.15) is 5.75 Å². The Morgan fingerprint density at radius 1 is 1.39 bits per heavy atom. The minimum absolute atomic E-state index is 0.0451. The van der Waals surface area contributed by atoms with E-state index in [1.54, 1.807) is 18.2 Å². The maximum absolute atomic E-state index is 11.9. The van der Waals surface area contributed by atoms with Gasteiger partial charge in [-0.05, 0) is 31.0 Å². The average Bonchev–Trinajstić information content (AvgIpc) is 2.22. The van der Waals surface area contributed by atoms with E-state index in [0.29, 0.717) is 5.75 Å². The molecule has 1 rings (SSSR count). The summed E-state index contributed by atoms with van der Waals surface area (Å²) < 4.78 is 41.8. The molecule has 0 fully saturated rings. The number of hydrogen-bond donors (Lipinski definition) is 1. The van der Waals surface area contributed by atoms with Crippen LogP contribution in [-0.4, -0.2) is 12.8 Å². The number of halogens is 4. The molecule has 1 unspecified atom stereocenters. The first-order chi connectivity index (χ1) is 8.29. The Labute approximate surface area is 112 Å². The number of alkyl halides is 3. The summed E-state index contributed by atoms with van der Waals surface area (Å²) in [6.07, 6.45) is -5.00.